The SMILES string of the molecule is O=C(Nc1ncn[nH]1)c1ccccc1/C=C/c1n[nH]c2ccccc12. The maximum atomic E-state index is 12.5. The summed E-state index contributed by atoms with van der Waals surface area (Å²) in [5, 5.41) is 17.3. The zero-order valence-corrected chi connectivity index (χ0v) is 13.1. The second-order valence-electron chi connectivity index (χ2n) is 5.36. The number of aromatic amines is 2. The smallest absolute Gasteiger partial charge is 0.258 e. The number of H-pyrrole nitrogens is 2. The molecule has 0 atom stereocenters. The highest BCUT2D eigenvalue weighted by molar-refractivity contribution is 6.06. The van der Waals surface area contributed by atoms with Gasteiger partial charge in [0, 0.05) is 10.9 Å². The van der Waals surface area contributed by atoms with Gasteiger partial charge in [-0.25, -0.2) is 5.10 Å². The molecule has 0 aliphatic rings. The molecule has 0 bridgehead atoms. The van der Waals surface area contributed by atoms with E-state index in [-0.39, 0.29) is 5.91 Å². The number of anilines is 1. The number of nitrogens with one attached hydrogen (secondary N) is 3. The molecule has 25 heavy (non-hydrogen) atoms. The molecule has 7 nitrogen and oxygen atoms in total. The topological polar surface area (TPSA) is 99.3 Å². The maximum absolute atomic E-state index is 12.5. The van der Waals surface area contributed by atoms with Gasteiger partial charge < -0.3 is 0 Å². The van der Waals surface area contributed by atoms with Crippen LogP contribution in [0.1, 0.15) is 21.6 Å². The lowest BCUT2D eigenvalue weighted by atomic mass is 10.1. The molecule has 1 amide bonds. The Bertz CT molecular complexity index is 1050. The minimum atomic E-state index is -0.260. The lowest BCUT2D eigenvalue weighted by molar-refractivity contribution is 0.102. The number of nitrogens with zero attached hydrogens (tertiary/aromatic N) is 3. The summed E-state index contributed by atoms with van der Waals surface area (Å²) in [4.78, 5) is 16.4. The maximum Gasteiger partial charge on any atom is 0.258 e. The van der Waals surface area contributed by atoms with Crippen LogP contribution in [0.3, 0.4) is 0 Å². The lowest BCUT2D eigenvalue weighted by Crippen LogP contribution is -2.14. The molecule has 0 aliphatic carbocycles. The first-order valence-electron chi connectivity index (χ1n) is 7.68. The van der Waals surface area contributed by atoms with E-state index in [9.17, 15) is 4.79 Å². The quantitative estimate of drug-likeness (QED) is 0.535. The van der Waals surface area contributed by atoms with Crippen molar-refractivity contribution in [1.29, 1.82) is 0 Å². The number of hydrogen-bond donors (Lipinski definition) is 3. The number of hydrogen-bond acceptors (Lipinski definition) is 4. The van der Waals surface area contributed by atoms with Crippen LogP contribution in [0, 0.1) is 0 Å². The van der Waals surface area contributed by atoms with Crippen molar-refractivity contribution >= 4 is 34.9 Å². The zero-order valence-electron chi connectivity index (χ0n) is 13.1. The van der Waals surface area contributed by atoms with Gasteiger partial charge in [0.2, 0.25) is 5.95 Å². The third kappa shape index (κ3) is 3.02. The van der Waals surface area contributed by atoms with Crippen LogP contribution in [-0.4, -0.2) is 31.3 Å². The van der Waals surface area contributed by atoms with Gasteiger partial charge in [0.25, 0.3) is 5.91 Å². The van der Waals surface area contributed by atoms with Gasteiger partial charge in [-0.05, 0) is 23.8 Å². The average Bonchev–Trinajstić information content (AvgIpc) is 3.30. The van der Waals surface area contributed by atoms with Crippen molar-refractivity contribution in [2.75, 3.05) is 5.32 Å². The van der Waals surface area contributed by atoms with Gasteiger partial charge in [0.1, 0.15) is 6.33 Å². The van der Waals surface area contributed by atoms with E-state index in [0.717, 1.165) is 22.2 Å². The molecule has 0 saturated heterocycles. The largest absolute Gasteiger partial charge is 0.291 e. The van der Waals surface area contributed by atoms with Gasteiger partial charge in [-0.15, -0.1) is 0 Å². The summed E-state index contributed by atoms with van der Waals surface area (Å²) in [6.45, 7) is 0. The highest BCUT2D eigenvalue weighted by Gasteiger charge is 2.11. The molecule has 0 radical (unpaired) electrons. The summed E-state index contributed by atoms with van der Waals surface area (Å²) < 4.78 is 0. The molecule has 0 saturated carbocycles. The Balaban J connectivity index is 1.63. The van der Waals surface area contributed by atoms with E-state index in [1.165, 1.54) is 6.33 Å². The fourth-order valence-electron chi connectivity index (χ4n) is 2.57. The Morgan fingerprint density at radius 3 is 2.72 bits per heavy atom. The molecule has 0 unspecified atom stereocenters. The highest BCUT2D eigenvalue weighted by atomic mass is 16.1. The van der Waals surface area contributed by atoms with Crippen LogP contribution in [0.4, 0.5) is 5.95 Å². The van der Waals surface area contributed by atoms with Crippen LogP contribution in [0.15, 0.2) is 54.9 Å². The summed E-state index contributed by atoms with van der Waals surface area (Å²) in [7, 11) is 0. The van der Waals surface area contributed by atoms with Crippen LogP contribution in [0.5, 0.6) is 0 Å². The van der Waals surface area contributed by atoms with E-state index in [1.54, 1.807) is 6.07 Å². The highest BCUT2D eigenvalue weighted by Crippen LogP contribution is 2.19. The Labute approximate surface area is 142 Å². The number of rotatable bonds is 4. The lowest BCUT2D eigenvalue weighted by Gasteiger charge is -2.05. The molecule has 0 aliphatic heterocycles. The van der Waals surface area contributed by atoms with E-state index in [4.69, 9.17) is 0 Å². The average molecular weight is 330 g/mol. The predicted molar refractivity (Wildman–Crippen MR) is 95.8 cm³/mol. The second-order valence-corrected chi connectivity index (χ2v) is 5.36. The normalized spacial score (nSPS) is 11.2. The third-order valence-corrected chi connectivity index (χ3v) is 3.77. The van der Waals surface area contributed by atoms with E-state index in [2.05, 4.69) is 30.7 Å². The fraction of sp³-hybridized carbons (Fsp3) is 0. The van der Waals surface area contributed by atoms with Crippen molar-refractivity contribution < 1.29 is 4.79 Å². The monoisotopic (exact) mass is 330 g/mol. The van der Waals surface area contributed by atoms with E-state index in [1.807, 2.05) is 54.6 Å². The van der Waals surface area contributed by atoms with Crippen LogP contribution < -0.4 is 5.32 Å². The second kappa shape index (κ2) is 6.40. The Morgan fingerprint density at radius 1 is 1.00 bits per heavy atom. The molecule has 3 N–H and O–H groups in total. The molecule has 2 aromatic heterocycles. The number of benzene rings is 2. The minimum absolute atomic E-state index is 0.260. The van der Waals surface area contributed by atoms with E-state index >= 15 is 0 Å². The van der Waals surface area contributed by atoms with Crippen molar-refractivity contribution in [3.63, 3.8) is 0 Å². The van der Waals surface area contributed by atoms with Crippen molar-refractivity contribution in [1.82, 2.24) is 25.4 Å². The van der Waals surface area contributed by atoms with E-state index in [0.29, 0.717) is 11.5 Å². The summed E-state index contributed by atoms with van der Waals surface area (Å²) >= 11 is 0. The van der Waals surface area contributed by atoms with Crippen molar-refractivity contribution in [3.8, 4) is 0 Å². The molecule has 2 heterocycles. The number of aromatic nitrogens is 5. The van der Waals surface area contributed by atoms with Gasteiger partial charge in [-0.2, -0.15) is 15.2 Å². The molecular weight excluding hydrogens is 316 g/mol. The third-order valence-electron chi connectivity index (χ3n) is 3.77. The first kappa shape index (κ1) is 14.8. The summed E-state index contributed by atoms with van der Waals surface area (Å²) in [6, 6.07) is 15.2. The van der Waals surface area contributed by atoms with Crippen molar-refractivity contribution in [3.05, 3.63) is 71.7 Å². The first-order chi connectivity index (χ1) is 12.3. The Morgan fingerprint density at radius 2 is 1.84 bits per heavy atom. The Hall–Kier alpha value is -3.74. The van der Waals surface area contributed by atoms with Gasteiger partial charge in [-0.3, -0.25) is 15.2 Å². The molecule has 4 aromatic rings. The molecule has 2 aromatic carbocycles. The van der Waals surface area contributed by atoms with Crippen LogP contribution in [0.2, 0.25) is 0 Å². The Kier molecular flexibility index (Phi) is 3.80. The van der Waals surface area contributed by atoms with E-state index < -0.39 is 0 Å². The van der Waals surface area contributed by atoms with Gasteiger partial charge in [0.05, 0.1) is 11.2 Å². The summed E-state index contributed by atoms with van der Waals surface area (Å²) in [5.74, 6) is 0.0472. The fourth-order valence-corrected chi connectivity index (χ4v) is 2.57. The minimum Gasteiger partial charge on any atom is -0.291 e. The van der Waals surface area contributed by atoms with Crippen molar-refractivity contribution in [2.24, 2.45) is 0 Å². The molecule has 122 valence electrons. The molecular formula is C18H14N6O. The predicted octanol–water partition coefficient (Wildman–Crippen LogP) is 3.10. The van der Waals surface area contributed by atoms with Gasteiger partial charge >= 0.3 is 0 Å². The number of para-hydroxylation sites is 1. The van der Waals surface area contributed by atoms with Crippen LogP contribution >= 0.6 is 0 Å². The van der Waals surface area contributed by atoms with Gasteiger partial charge in [0.15, 0.2) is 0 Å². The van der Waals surface area contributed by atoms with Gasteiger partial charge in [-0.1, -0.05) is 42.5 Å². The number of amides is 1. The standard InChI is InChI=1S/C18H14N6O/c25-17(21-18-19-11-20-24-18)13-6-2-1-5-12(13)9-10-16-14-7-3-4-8-15(14)22-23-16/h1-11H,(H,22,23)(H2,19,20,21,24,25)/b10-9+. The number of carbonyl (C=O) groups is 1. The molecule has 7 heteroatoms. The number of fused-ring (bicyclic) bond motifs is 1. The number of carbonyl (C=O) groups excluding carboxylic acids is 1. The van der Waals surface area contributed by atoms with Crippen LogP contribution in [-0.2, 0) is 0 Å². The summed E-state index contributed by atoms with van der Waals surface area (Å²) in [6.07, 6.45) is 5.10. The molecule has 4 rings (SSSR count). The van der Waals surface area contributed by atoms with Crippen molar-refractivity contribution in [2.45, 2.75) is 0 Å². The zero-order chi connectivity index (χ0) is 17.1. The molecule has 0 spiro atoms. The first-order valence-corrected chi connectivity index (χ1v) is 7.68. The summed E-state index contributed by atoms with van der Waals surface area (Å²) in [5.41, 5.74) is 3.11. The molecule has 0 fully saturated rings. The van der Waals surface area contributed by atoms with Crippen LogP contribution in [0.25, 0.3) is 23.1 Å².